The van der Waals surface area contributed by atoms with Crippen molar-refractivity contribution in [2.75, 3.05) is 7.05 Å². The Labute approximate surface area is 69.4 Å². The number of alkyl halides is 3. The van der Waals surface area contributed by atoms with Crippen molar-refractivity contribution in [2.24, 2.45) is 0 Å². The lowest BCUT2D eigenvalue weighted by atomic mass is 10.2. The van der Waals surface area contributed by atoms with Crippen LogP contribution in [0.3, 0.4) is 0 Å². The van der Waals surface area contributed by atoms with Crippen LogP contribution in [0.2, 0.25) is 0 Å². The molecular weight excluding hydrogens is 171 g/mol. The average Bonchev–Trinajstić information content (AvgIpc) is 1.96. The molecule has 0 saturated carbocycles. The molecule has 0 bridgehead atoms. The summed E-state index contributed by atoms with van der Waals surface area (Å²) in [5.41, 5.74) is 2.19. The summed E-state index contributed by atoms with van der Waals surface area (Å²) >= 11 is 0. The van der Waals surface area contributed by atoms with Gasteiger partial charge in [0, 0.05) is 7.05 Å². The largest absolute Gasteiger partial charge is 0.451 e. The highest BCUT2D eigenvalue weighted by Crippen LogP contribution is 2.29. The normalized spacial score (nSPS) is 14.2. The third-order valence-electron chi connectivity index (χ3n) is 1.38. The SMILES string of the molecule is CC/C(C)=C(\ONC)C(F)(F)F. The lowest BCUT2D eigenvalue weighted by Crippen LogP contribution is -2.21. The Morgan fingerprint density at radius 3 is 2.17 bits per heavy atom. The third-order valence-corrected chi connectivity index (χ3v) is 1.38. The Morgan fingerprint density at radius 1 is 1.42 bits per heavy atom. The lowest BCUT2D eigenvalue weighted by Gasteiger charge is -2.13. The van der Waals surface area contributed by atoms with E-state index in [1.54, 1.807) is 6.92 Å². The van der Waals surface area contributed by atoms with Crippen molar-refractivity contribution in [3.8, 4) is 0 Å². The van der Waals surface area contributed by atoms with Crippen LogP contribution in [0, 0.1) is 0 Å². The number of nitrogens with one attached hydrogen (secondary N) is 1. The summed E-state index contributed by atoms with van der Waals surface area (Å²) in [6.07, 6.45) is -4.10. The zero-order valence-corrected chi connectivity index (χ0v) is 7.25. The summed E-state index contributed by atoms with van der Waals surface area (Å²) < 4.78 is 36.4. The first kappa shape index (κ1) is 11.3. The zero-order valence-electron chi connectivity index (χ0n) is 7.25. The maximum Gasteiger partial charge on any atom is 0.451 e. The summed E-state index contributed by atoms with van der Waals surface area (Å²) in [7, 11) is 1.29. The van der Waals surface area contributed by atoms with Crippen LogP contribution >= 0.6 is 0 Å². The highest BCUT2D eigenvalue weighted by molar-refractivity contribution is 5.09. The lowest BCUT2D eigenvalue weighted by molar-refractivity contribution is -0.142. The van der Waals surface area contributed by atoms with E-state index in [1.165, 1.54) is 14.0 Å². The van der Waals surface area contributed by atoms with Gasteiger partial charge >= 0.3 is 6.18 Å². The molecule has 2 nitrogen and oxygen atoms in total. The number of halogens is 3. The van der Waals surface area contributed by atoms with Gasteiger partial charge < -0.3 is 4.84 Å². The predicted molar refractivity (Wildman–Crippen MR) is 39.2 cm³/mol. The molecule has 0 aromatic rings. The quantitative estimate of drug-likeness (QED) is 0.535. The molecule has 72 valence electrons. The Kier molecular flexibility index (Phi) is 4.09. The predicted octanol–water partition coefficient (Wildman–Crippen LogP) is 2.38. The van der Waals surface area contributed by atoms with Gasteiger partial charge in [0.15, 0.2) is 0 Å². The molecular formula is C7H12F3NO. The number of hydrogen-bond donors (Lipinski definition) is 1. The fourth-order valence-electron chi connectivity index (χ4n) is 0.650. The smallest absolute Gasteiger partial charge is 0.404 e. The zero-order chi connectivity index (χ0) is 9.78. The van der Waals surface area contributed by atoms with Gasteiger partial charge in [0.25, 0.3) is 0 Å². The van der Waals surface area contributed by atoms with Gasteiger partial charge in [-0.15, -0.1) is 0 Å². The molecule has 0 atom stereocenters. The van der Waals surface area contributed by atoms with Crippen LogP contribution in [0.5, 0.6) is 0 Å². The number of hydrogen-bond acceptors (Lipinski definition) is 2. The summed E-state index contributed by atoms with van der Waals surface area (Å²) in [4.78, 5) is 4.26. The molecule has 0 aliphatic rings. The maximum absolute atomic E-state index is 12.1. The summed E-state index contributed by atoms with van der Waals surface area (Å²) in [5, 5.41) is 0. The summed E-state index contributed by atoms with van der Waals surface area (Å²) in [5.74, 6) is -0.951. The van der Waals surface area contributed by atoms with E-state index in [1.807, 2.05) is 5.48 Å². The molecule has 5 heteroatoms. The standard InChI is InChI=1S/C7H12F3NO/c1-4-5(2)6(12-11-3)7(8,9)10/h11H,4H2,1-3H3/b6-5-. The van der Waals surface area contributed by atoms with Crippen LogP contribution < -0.4 is 5.48 Å². The molecule has 0 aromatic heterocycles. The second kappa shape index (κ2) is 4.35. The second-order valence-electron chi connectivity index (χ2n) is 2.27. The van der Waals surface area contributed by atoms with Crippen LogP contribution in [0.25, 0.3) is 0 Å². The third kappa shape index (κ3) is 3.13. The summed E-state index contributed by atoms with van der Waals surface area (Å²) in [6, 6.07) is 0. The molecule has 0 heterocycles. The molecule has 1 N–H and O–H groups in total. The summed E-state index contributed by atoms with van der Waals surface area (Å²) in [6.45, 7) is 3.03. The highest BCUT2D eigenvalue weighted by Gasteiger charge is 2.37. The molecule has 0 spiro atoms. The first-order valence-corrected chi connectivity index (χ1v) is 3.54. The fourth-order valence-corrected chi connectivity index (χ4v) is 0.650. The first-order valence-electron chi connectivity index (χ1n) is 3.54. The van der Waals surface area contributed by atoms with E-state index in [2.05, 4.69) is 4.84 Å². The van der Waals surface area contributed by atoms with Gasteiger partial charge in [-0.3, -0.25) is 0 Å². The molecule has 0 amide bonds. The van der Waals surface area contributed by atoms with Gasteiger partial charge in [0.2, 0.25) is 5.76 Å². The van der Waals surface area contributed by atoms with Gasteiger partial charge in [-0.2, -0.15) is 18.7 Å². The van der Waals surface area contributed by atoms with Crippen molar-refractivity contribution < 1.29 is 18.0 Å². The molecule has 0 rings (SSSR count). The van der Waals surface area contributed by atoms with Crippen molar-refractivity contribution in [2.45, 2.75) is 26.4 Å². The van der Waals surface area contributed by atoms with Crippen LogP contribution in [-0.4, -0.2) is 13.2 Å². The van der Waals surface area contributed by atoms with E-state index in [9.17, 15) is 13.2 Å². The van der Waals surface area contributed by atoms with Gasteiger partial charge in [-0.1, -0.05) is 6.92 Å². The molecule has 0 aromatic carbocycles. The minimum Gasteiger partial charge on any atom is -0.404 e. The van der Waals surface area contributed by atoms with E-state index in [0.717, 1.165) is 0 Å². The molecule has 0 aliphatic heterocycles. The van der Waals surface area contributed by atoms with Gasteiger partial charge in [0.05, 0.1) is 0 Å². The molecule has 0 aliphatic carbocycles. The van der Waals surface area contributed by atoms with E-state index >= 15 is 0 Å². The van der Waals surface area contributed by atoms with Crippen LogP contribution in [-0.2, 0) is 4.84 Å². The minimum absolute atomic E-state index is 0.178. The molecule has 0 radical (unpaired) electrons. The number of rotatable bonds is 3. The van der Waals surface area contributed by atoms with Crippen molar-refractivity contribution >= 4 is 0 Å². The Morgan fingerprint density at radius 2 is 1.92 bits per heavy atom. The van der Waals surface area contributed by atoms with Crippen LogP contribution in [0.15, 0.2) is 11.3 Å². The van der Waals surface area contributed by atoms with E-state index in [4.69, 9.17) is 0 Å². The van der Waals surface area contributed by atoms with E-state index in [-0.39, 0.29) is 5.57 Å². The van der Waals surface area contributed by atoms with Crippen LogP contribution in [0.4, 0.5) is 13.2 Å². The molecule has 0 fully saturated rings. The Bertz CT molecular complexity index is 174. The van der Waals surface area contributed by atoms with Crippen molar-refractivity contribution in [1.82, 2.24) is 5.48 Å². The number of allylic oxidation sites excluding steroid dienone is 2. The minimum atomic E-state index is -4.41. The van der Waals surface area contributed by atoms with Crippen LogP contribution in [0.1, 0.15) is 20.3 Å². The van der Waals surface area contributed by atoms with Gasteiger partial charge in [-0.05, 0) is 18.9 Å². The van der Waals surface area contributed by atoms with E-state index in [0.29, 0.717) is 6.42 Å². The van der Waals surface area contributed by atoms with E-state index < -0.39 is 11.9 Å². The molecule has 0 unspecified atom stereocenters. The Balaban J connectivity index is 4.66. The fraction of sp³-hybridized carbons (Fsp3) is 0.714. The highest BCUT2D eigenvalue weighted by atomic mass is 19.4. The molecule has 12 heavy (non-hydrogen) atoms. The van der Waals surface area contributed by atoms with Gasteiger partial charge in [-0.25, -0.2) is 0 Å². The topological polar surface area (TPSA) is 21.3 Å². The van der Waals surface area contributed by atoms with Gasteiger partial charge in [0.1, 0.15) is 0 Å². The monoisotopic (exact) mass is 183 g/mol. The number of hydroxylamine groups is 1. The first-order chi connectivity index (χ1) is 5.43. The van der Waals surface area contributed by atoms with Crippen molar-refractivity contribution in [3.63, 3.8) is 0 Å². The maximum atomic E-state index is 12.1. The van der Waals surface area contributed by atoms with Crippen molar-refractivity contribution in [1.29, 1.82) is 0 Å². The molecule has 0 saturated heterocycles. The second-order valence-corrected chi connectivity index (χ2v) is 2.27. The van der Waals surface area contributed by atoms with Crippen molar-refractivity contribution in [3.05, 3.63) is 11.3 Å². The Hall–Kier alpha value is -0.710. The average molecular weight is 183 g/mol.